The summed E-state index contributed by atoms with van der Waals surface area (Å²) in [5.74, 6) is 0. The van der Waals surface area contributed by atoms with Crippen LogP contribution in [0.25, 0.3) is 0 Å². The van der Waals surface area contributed by atoms with Gasteiger partial charge < -0.3 is 0 Å². The van der Waals surface area contributed by atoms with Crippen LogP contribution in [0, 0.1) is 6.92 Å². The summed E-state index contributed by atoms with van der Waals surface area (Å²) in [4.78, 5) is 0. The Hall–Kier alpha value is -0.880. The second kappa shape index (κ2) is 3.31. The number of aryl methyl sites for hydroxylation is 1. The highest BCUT2D eigenvalue weighted by atomic mass is 32.2. The molecule has 2 heterocycles. The van der Waals surface area contributed by atoms with Crippen molar-refractivity contribution in [2.75, 3.05) is 12.8 Å². The molecule has 0 bridgehead atoms. The highest BCUT2D eigenvalue weighted by molar-refractivity contribution is 7.88. The van der Waals surface area contributed by atoms with Crippen LogP contribution in [0.1, 0.15) is 24.4 Å². The van der Waals surface area contributed by atoms with E-state index in [1.54, 1.807) is 0 Å². The van der Waals surface area contributed by atoms with Gasteiger partial charge in [0.05, 0.1) is 30.2 Å². The molecule has 5 nitrogen and oxygen atoms in total. The summed E-state index contributed by atoms with van der Waals surface area (Å²) in [6.07, 6.45) is 1.25. The Morgan fingerprint density at radius 1 is 1.47 bits per heavy atom. The average molecular weight is 229 g/mol. The molecule has 1 aromatic rings. The van der Waals surface area contributed by atoms with E-state index in [9.17, 15) is 8.42 Å². The fourth-order valence-corrected chi connectivity index (χ4v) is 3.16. The highest BCUT2D eigenvalue weighted by Crippen LogP contribution is 2.27. The van der Waals surface area contributed by atoms with E-state index >= 15 is 0 Å². The molecule has 0 N–H and O–H groups in total. The lowest BCUT2D eigenvalue weighted by atomic mass is 10.2. The normalized spacial score (nSPS) is 22.7. The number of aromatic nitrogens is 2. The zero-order valence-corrected chi connectivity index (χ0v) is 9.95. The molecule has 0 amide bonds. The van der Waals surface area contributed by atoms with E-state index in [2.05, 4.69) is 5.10 Å². The van der Waals surface area contributed by atoms with Gasteiger partial charge in [-0.1, -0.05) is 0 Å². The molecule has 0 aromatic carbocycles. The fourth-order valence-electron chi connectivity index (χ4n) is 2.07. The lowest BCUT2D eigenvalue weighted by Crippen LogP contribution is -2.40. The van der Waals surface area contributed by atoms with Gasteiger partial charge in [0, 0.05) is 6.54 Å². The minimum Gasteiger partial charge on any atom is -0.266 e. The van der Waals surface area contributed by atoms with Crippen molar-refractivity contribution in [1.82, 2.24) is 14.1 Å². The predicted molar refractivity (Wildman–Crippen MR) is 56.9 cm³/mol. The Labute approximate surface area is 89.7 Å². The topological polar surface area (TPSA) is 55.2 Å². The monoisotopic (exact) mass is 229 g/mol. The summed E-state index contributed by atoms with van der Waals surface area (Å²) in [5.41, 5.74) is 1.91. The molecule has 1 unspecified atom stereocenters. The molecule has 84 valence electrons. The van der Waals surface area contributed by atoms with Crippen molar-refractivity contribution < 1.29 is 8.42 Å². The molecule has 1 aromatic heterocycles. The van der Waals surface area contributed by atoms with Gasteiger partial charge >= 0.3 is 0 Å². The average Bonchev–Trinajstić information content (AvgIpc) is 2.44. The third kappa shape index (κ3) is 1.79. The van der Waals surface area contributed by atoms with Gasteiger partial charge in [-0.25, -0.2) is 8.42 Å². The van der Waals surface area contributed by atoms with Crippen LogP contribution in [-0.2, 0) is 16.6 Å². The van der Waals surface area contributed by atoms with Crippen molar-refractivity contribution in [3.8, 4) is 0 Å². The van der Waals surface area contributed by atoms with E-state index in [0.29, 0.717) is 13.1 Å². The first-order valence-electron chi connectivity index (χ1n) is 4.91. The van der Waals surface area contributed by atoms with Crippen LogP contribution in [0.15, 0.2) is 6.07 Å². The van der Waals surface area contributed by atoms with Crippen LogP contribution in [0.2, 0.25) is 0 Å². The SMILES string of the molecule is Cc1cc2n(n1)CCN(S(C)(=O)=O)C2C. The number of hydrogen-bond donors (Lipinski definition) is 0. The summed E-state index contributed by atoms with van der Waals surface area (Å²) >= 11 is 0. The first-order valence-corrected chi connectivity index (χ1v) is 6.75. The van der Waals surface area contributed by atoms with Crippen molar-refractivity contribution in [3.63, 3.8) is 0 Å². The molecular weight excluding hydrogens is 214 g/mol. The van der Waals surface area contributed by atoms with Crippen molar-refractivity contribution in [2.24, 2.45) is 0 Å². The lowest BCUT2D eigenvalue weighted by Gasteiger charge is -2.31. The van der Waals surface area contributed by atoms with Gasteiger partial charge in [0.2, 0.25) is 10.0 Å². The van der Waals surface area contributed by atoms with Crippen molar-refractivity contribution in [2.45, 2.75) is 26.4 Å². The van der Waals surface area contributed by atoms with Gasteiger partial charge in [0.15, 0.2) is 0 Å². The Balaban J connectivity index is 2.41. The van der Waals surface area contributed by atoms with Gasteiger partial charge in [-0.3, -0.25) is 4.68 Å². The van der Waals surface area contributed by atoms with E-state index in [4.69, 9.17) is 0 Å². The van der Waals surface area contributed by atoms with Crippen LogP contribution in [-0.4, -0.2) is 35.3 Å². The van der Waals surface area contributed by atoms with E-state index in [1.165, 1.54) is 10.6 Å². The molecule has 1 aliphatic heterocycles. The van der Waals surface area contributed by atoms with Crippen LogP contribution in [0.3, 0.4) is 0 Å². The van der Waals surface area contributed by atoms with Gasteiger partial charge in [0.25, 0.3) is 0 Å². The molecule has 1 atom stereocenters. The molecule has 0 saturated heterocycles. The Kier molecular flexibility index (Phi) is 2.35. The molecule has 2 rings (SSSR count). The molecule has 15 heavy (non-hydrogen) atoms. The third-order valence-electron chi connectivity index (χ3n) is 2.75. The summed E-state index contributed by atoms with van der Waals surface area (Å²) in [7, 11) is -3.12. The summed E-state index contributed by atoms with van der Waals surface area (Å²) in [6.45, 7) is 4.96. The van der Waals surface area contributed by atoms with E-state index in [0.717, 1.165) is 11.4 Å². The van der Waals surface area contributed by atoms with Crippen molar-refractivity contribution in [1.29, 1.82) is 0 Å². The molecular formula is C9H15N3O2S. The van der Waals surface area contributed by atoms with E-state index in [-0.39, 0.29) is 6.04 Å². The quantitative estimate of drug-likeness (QED) is 0.705. The van der Waals surface area contributed by atoms with Crippen LogP contribution in [0.4, 0.5) is 0 Å². The minimum atomic E-state index is -3.12. The first-order chi connectivity index (χ1) is 6.89. The standard InChI is InChI=1S/C9H15N3O2S/c1-7-6-9-8(2)12(15(3,13)14)5-4-11(9)10-7/h6,8H,4-5H2,1-3H3. The zero-order chi connectivity index (χ0) is 11.2. The van der Waals surface area contributed by atoms with Crippen LogP contribution >= 0.6 is 0 Å². The third-order valence-corrected chi connectivity index (χ3v) is 4.10. The van der Waals surface area contributed by atoms with Gasteiger partial charge in [-0.05, 0) is 19.9 Å². The number of sulfonamides is 1. The van der Waals surface area contributed by atoms with E-state index < -0.39 is 10.0 Å². The van der Waals surface area contributed by atoms with Gasteiger partial charge in [-0.15, -0.1) is 0 Å². The molecule has 0 saturated carbocycles. The van der Waals surface area contributed by atoms with Crippen LogP contribution in [0.5, 0.6) is 0 Å². The smallest absolute Gasteiger partial charge is 0.211 e. The predicted octanol–water partition coefficient (Wildman–Crippen LogP) is 0.528. The van der Waals surface area contributed by atoms with Gasteiger partial charge in [0.1, 0.15) is 0 Å². The maximum absolute atomic E-state index is 11.5. The maximum atomic E-state index is 11.5. The molecule has 6 heteroatoms. The Morgan fingerprint density at radius 2 is 2.13 bits per heavy atom. The second-order valence-electron chi connectivity index (χ2n) is 3.98. The van der Waals surface area contributed by atoms with Crippen LogP contribution < -0.4 is 0 Å². The summed E-state index contributed by atoms with van der Waals surface area (Å²) in [5, 5.41) is 4.31. The maximum Gasteiger partial charge on any atom is 0.211 e. The zero-order valence-electron chi connectivity index (χ0n) is 9.14. The molecule has 0 radical (unpaired) electrons. The summed E-state index contributed by atoms with van der Waals surface area (Å²) < 4.78 is 26.4. The molecule has 1 aliphatic rings. The fraction of sp³-hybridized carbons (Fsp3) is 0.667. The number of nitrogens with zero attached hydrogens (tertiary/aromatic N) is 3. The molecule has 0 fully saturated rings. The van der Waals surface area contributed by atoms with Crippen molar-refractivity contribution in [3.05, 3.63) is 17.5 Å². The Bertz CT molecular complexity index is 478. The molecule has 0 aliphatic carbocycles. The Morgan fingerprint density at radius 3 is 2.73 bits per heavy atom. The minimum absolute atomic E-state index is 0.116. The lowest BCUT2D eigenvalue weighted by molar-refractivity contribution is 0.272. The van der Waals surface area contributed by atoms with Crippen molar-refractivity contribution >= 4 is 10.0 Å². The second-order valence-corrected chi connectivity index (χ2v) is 5.92. The van der Waals surface area contributed by atoms with E-state index in [1.807, 2.05) is 24.6 Å². The summed E-state index contributed by atoms with van der Waals surface area (Å²) in [6, 6.07) is 1.83. The largest absolute Gasteiger partial charge is 0.266 e. The number of rotatable bonds is 1. The number of hydrogen-bond acceptors (Lipinski definition) is 3. The molecule has 0 spiro atoms. The number of fused-ring (bicyclic) bond motifs is 1. The highest BCUT2D eigenvalue weighted by Gasteiger charge is 2.30. The first kappa shape index (κ1) is 10.6. The van der Waals surface area contributed by atoms with Gasteiger partial charge in [-0.2, -0.15) is 9.40 Å².